The third kappa shape index (κ3) is 16.2. The summed E-state index contributed by atoms with van der Waals surface area (Å²) in [5.41, 5.74) is 5.48. The standard InChI is InChI=1S/C30H49N3O10S/c1-2-3-6-10-20(34)16-24(28-19(12-14-23(28)35)9-7-4-5-8-11-26(37)38)44-18-22(29(41)32-17-27(39)40)33-25(36)15-13-21(31)30(42)43/h4,7,19-22,24,28,34H,2-3,5-6,8-18,31H2,1H3,(H,32,41)(H,33,36)(H,37,38)(H,39,40)(H,42,43). The van der Waals surface area contributed by atoms with Gasteiger partial charge in [-0.05, 0) is 50.9 Å². The maximum atomic E-state index is 13.2. The van der Waals surface area contributed by atoms with Crippen molar-refractivity contribution in [3.63, 3.8) is 0 Å². The molecule has 0 bridgehead atoms. The Kier molecular flexibility index (Phi) is 19.2. The van der Waals surface area contributed by atoms with Crippen molar-refractivity contribution in [2.45, 2.75) is 114 Å². The van der Waals surface area contributed by atoms with Crippen LogP contribution in [0.1, 0.15) is 90.4 Å². The Morgan fingerprint density at radius 3 is 2.39 bits per heavy atom. The fraction of sp³-hybridized carbons (Fsp3) is 0.733. The van der Waals surface area contributed by atoms with Gasteiger partial charge in [-0.1, -0.05) is 38.3 Å². The summed E-state index contributed by atoms with van der Waals surface area (Å²) in [7, 11) is 0. The molecular formula is C30H49N3O10S. The Morgan fingerprint density at radius 2 is 1.75 bits per heavy atom. The first-order valence-electron chi connectivity index (χ1n) is 15.3. The molecule has 250 valence electrons. The lowest BCUT2D eigenvalue weighted by molar-refractivity contribution is -0.139. The Balaban J connectivity index is 3.08. The van der Waals surface area contributed by atoms with E-state index in [0.29, 0.717) is 44.9 Å². The van der Waals surface area contributed by atoms with Crippen molar-refractivity contribution in [2.75, 3.05) is 12.3 Å². The van der Waals surface area contributed by atoms with E-state index < -0.39 is 60.4 Å². The molecule has 0 saturated heterocycles. The Hall–Kier alpha value is -2.97. The summed E-state index contributed by atoms with van der Waals surface area (Å²) in [5, 5.41) is 42.1. The van der Waals surface area contributed by atoms with E-state index in [9.17, 15) is 33.9 Å². The van der Waals surface area contributed by atoms with Crippen molar-refractivity contribution in [1.29, 1.82) is 0 Å². The van der Waals surface area contributed by atoms with Crippen molar-refractivity contribution < 1.29 is 49.2 Å². The van der Waals surface area contributed by atoms with E-state index >= 15 is 0 Å². The summed E-state index contributed by atoms with van der Waals surface area (Å²) in [6, 6.07) is -2.43. The number of aliphatic hydroxyl groups is 1. The summed E-state index contributed by atoms with van der Waals surface area (Å²) in [6.45, 7) is 1.39. The summed E-state index contributed by atoms with van der Waals surface area (Å²) in [6.07, 6.45) is 9.25. The van der Waals surface area contributed by atoms with Gasteiger partial charge in [0.05, 0.1) is 6.10 Å². The lowest BCUT2D eigenvalue weighted by Gasteiger charge is -2.30. The predicted molar refractivity (Wildman–Crippen MR) is 165 cm³/mol. The topological polar surface area (TPSA) is 233 Å². The number of Topliss-reactive ketones (excluding diaryl/α,β-unsaturated/α-hetero) is 1. The van der Waals surface area contributed by atoms with Crippen molar-refractivity contribution in [3.8, 4) is 0 Å². The number of nitrogens with one attached hydrogen (secondary N) is 2. The zero-order chi connectivity index (χ0) is 33.1. The molecule has 14 heteroatoms. The Labute approximate surface area is 262 Å². The number of aliphatic hydroxyl groups excluding tert-OH is 1. The van der Waals surface area contributed by atoms with Gasteiger partial charge < -0.3 is 36.8 Å². The minimum absolute atomic E-state index is 0.00392. The number of thioether (sulfide) groups is 1. The number of ketones is 1. The smallest absolute Gasteiger partial charge is 0.322 e. The van der Waals surface area contributed by atoms with Gasteiger partial charge in [0.1, 0.15) is 24.4 Å². The van der Waals surface area contributed by atoms with Crippen LogP contribution in [0.5, 0.6) is 0 Å². The summed E-state index contributed by atoms with van der Waals surface area (Å²) < 4.78 is 0. The second-order valence-electron chi connectivity index (χ2n) is 11.3. The molecule has 8 N–H and O–H groups in total. The van der Waals surface area contributed by atoms with E-state index in [1.54, 1.807) is 0 Å². The highest BCUT2D eigenvalue weighted by molar-refractivity contribution is 8.00. The van der Waals surface area contributed by atoms with E-state index in [1.165, 1.54) is 11.8 Å². The lowest BCUT2D eigenvalue weighted by atomic mass is 9.86. The maximum Gasteiger partial charge on any atom is 0.322 e. The van der Waals surface area contributed by atoms with Crippen molar-refractivity contribution in [2.24, 2.45) is 17.6 Å². The number of hydrogen-bond acceptors (Lipinski definition) is 9. The molecule has 0 aromatic carbocycles. The first kappa shape index (κ1) is 39.1. The first-order chi connectivity index (χ1) is 20.8. The van der Waals surface area contributed by atoms with Gasteiger partial charge in [-0.25, -0.2) is 0 Å². The van der Waals surface area contributed by atoms with Crippen LogP contribution in [0.3, 0.4) is 0 Å². The van der Waals surface area contributed by atoms with E-state index in [0.717, 1.165) is 19.3 Å². The van der Waals surface area contributed by atoms with Gasteiger partial charge >= 0.3 is 17.9 Å². The molecule has 1 aliphatic carbocycles. The average Bonchev–Trinajstić information content (AvgIpc) is 3.33. The third-order valence-electron chi connectivity index (χ3n) is 7.60. The molecule has 0 aromatic rings. The number of rotatable bonds is 24. The molecule has 1 saturated carbocycles. The number of allylic oxidation sites excluding steroid dienone is 2. The molecule has 0 aromatic heterocycles. The zero-order valence-corrected chi connectivity index (χ0v) is 26.3. The lowest BCUT2D eigenvalue weighted by Crippen LogP contribution is -2.50. The zero-order valence-electron chi connectivity index (χ0n) is 25.4. The number of hydrogen-bond donors (Lipinski definition) is 7. The number of nitrogens with two attached hydrogens (primary N) is 1. The monoisotopic (exact) mass is 643 g/mol. The number of carboxylic acids is 3. The molecular weight excluding hydrogens is 594 g/mol. The molecule has 1 fully saturated rings. The van der Waals surface area contributed by atoms with Crippen LogP contribution < -0.4 is 16.4 Å². The normalized spacial score (nSPS) is 19.3. The van der Waals surface area contributed by atoms with Gasteiger partial charge in [0, 0.05) is 36.2 Å². The molecule has 1 aliphatic rings. The molecule has 0 heterocycles. The molecule has 1 rings (SSSR count). The number of carbonyl (C=O) groups is 6. The summed E-state index contributed by atoms with van der Waals surface area (Å²) in [4.78, 5) is 71.4. The molecule has 6 unspecified atom stereocenters. The van der Waals surface area contributed by atoms with Gasteiger partial charge in [-0.2, -0.15) is 11.8 Å². The predicted octanol–water partition coefficient (Wildman–Crippen LogP) is 2.09. The highest BCUT2D eigenvalue weighted by atomic mass is 32.2. The third-order valence-corrected chi connectivity index (χ3v) is 9.04. The minimum atomic E-state index is -1.27. The highest BCUT2D eigenvalue weighted by Gasteiger charge is 2.41. The average molecular weight is 644 g/mol. The Morgan fingerprint density at radius 1 is 1.02 bits per heavy atom. The summed E-state index contributed by atoms with van der Waals surface area (Å²) >= 11 is 1.27. The quantitative estimate of drug-likeness (QED) is 0.0592. The van der Waals surface area contributed by atoms with Crippen LogP contribution in [0.15, 0.2) is 12.2 Å². The van der Waals surface area contributed by atoms with Crippen molar-refractivity contribution >= 4 is 47.3 Å². The fourth-order valence-electron chi connectivity index (χ4n) is 5.17. The first-order valence-corrected chi connectivity index (χ1v) is 16.4. The van der Waals surface area contributed by atoms with E-state index in [-0.39, 0.29) is 42.0 Å². The number of amides is 2. The highest BCUT2D eigenvalue weighted by Crippen LogP contribution is 2.41. The van der Waals surface area contributed by atoms with Crippen LogP contribution in [-0.2, 0) is 28.8 Å². The second-order valence-corrected chi connectivity index (χ2v) is 12.5. The van der Waals surface area contributed by atoms with Crippen LogP contribution in [0.2, 0.25) is 0 Å². The van der Waals surface area contributed by atoms with Gasteiger partial charge in [0.2, 0.25) is 11.8 Å². The number of carboxylic acid groups (broad SMARTS) is 3. The van der Waals surface area contributed by atoms with Gasteiger partial charge in [0.25, 0.3) is 0 Å². The van der Waals surface area contributed by atoms with Crippen LogP contribution >= 0.6 is 11.8 Å². The van der Waals surface area contributed by atoms with Gasteiger partial charge in [-0.3, -0.25) is 28.8 Å². The molecule has 6 atom stereocenters. The molecule has 13 nitrogen and oxygen atoms in total. The van der Waals surface area contributed by atoms with E-state index in [4.69, 9.17) is 21.1 Å². The van der Waals surface area contributed by atoms with E-state index in [1.807, 2.05) is 12.2 Å². The van der Waals surface area contributed by atoms with Gasteiger partial charge in [-0.15, -0.1) is 0 Å². The van der Waals surface area contributed by atoms with Crippen molar-refractivity contribution in [3.05, 3.63) is 12.2 Å². The van der Waals surface area contributed by atoms with Crippen LogP contribution in [0, 0.1) is 11.8 Å². The molecule has 0 radical (unpaired) electrons. The Bertz CT molecular complexity index is 992. The van der Waals surface area contributed by atoms with Gasteiger partial charge in [0.15, 0.2) is 0 Å². The molecule has 0 spiro atoms. The second kappa shape index (κ2) is 21.7. The van der Waals surface area contributed by atoms with Crippen LogP contribution in [0.4, 0.5) is 0 Å². The fourth-order valence-corrected chi connectivity index (χ4v) is 6.79. The molecule has 44 heavy (non-hydrogen) atoms. The van der Waals surface area contributed by atoms with Crippen LogP contribution in [-0.4, -0.2) is 91.7 Å². The van der Waals surface area contributed by atoms with E-state index in [2.05, 4.69) is 17.6 Å². The molecule has 0 aliphatic heterocycles. The number of unbranched alkanes of at least 4 members (excludes halogenated alkanes) is 3. The maximum absolute atomic E-state index is 13.2. The van der Waals surface area contributed by atoms with Crippen molar-refractivity contribution in [1.82, 2.24) is 10.6 Å². The molecule has 2 amide bonds. The minimum Gasteiger partial charge on any atom is -0.481 e. The van der Waals surface area contributed by atoms with Crippen LogP contribution in [0.25, 0.3) is 0 Å². The largest absolute Gasteiger partial charge is 0.481 e. The SMILES string of the molecule is CCCCCC(O)CC(SCC(NC(=O)CCC(N)C(=O)O)C(=O)NCC(=O)O)C1C(=O)CCC1CC=CCCCC(=O)O. The summed E-state index contributed by atoms with van der Waals surface area (Å²) in [5.74, 6) is -5.12. The number of carbonyl (C=O) groups excluding carboxylic acids is 3. The number of aliphatic carboxylic acids is 3.